The van der Waals surface area contributed by atoms with E-state index in [1.807, 2.05) is 22.9 Å². The first-order valence-corrected chi connectivity index (χ1v) is 7.81. The van der Waals surface area contributed by atoms with E-state index in [9.17, 15) is 0 Å². The van der Waals surface area contributed by atoms with Gasteiger partial charge in [0.05, 0.1) is 23.0 Å². The maximum Gasteiger partial charge on any atom is 0.0837 e. The first kappa shape index (κ1) is 15.0. The highest BCUT2D eigenvalue weighted by atomic mass is 79.9. The fourth-order valence-electron chi connectivity index (χ4n) is 1.97. The van der Waals surface area contributed by atoms with Crippen molar-refractivity contribution in [1.29, 1.82) is 0 Å². The van der Waals surface area contributed by atoms with E-state index in [0.717, 1.165) is 20.2 Å². The molecule has 19 heavy (non-hydrogen) atoms. The quantitative estimate of drug-likeness (QED) is 0.802. The Kier molecular flexibility index (Phi) is 4.71. The van der Waals surface area contributed by atoms with Crippen LogP contribution < -0.4 is 5.73 Å². The highest BCUT2D eigenvalue weighted by molar-refractivity contribution is 9.11. The Bertz CT molecular complexity index is 575. The van der Waals surface area contributed by atoms with E-state index < -0.39 is 0 Å². The molecule has 1 atom stereocenters. The Labute approximate surface area is 134 Å². The SMILES string of the molecule is CC(C)n1ncc(Cl)c1C(N)c1cc(Br)cc(Br)c1. The maximum absolute atomic E-state index is 6.35. The van der Waals surface area contributed by atoms with Crippen molar-refractivity contribution in [2.75, 3.05) is 0 Å². The second kappa shape index (κ2) is 5.95. The standard InChI is InChI=1S/C13H14Br2ClN3/c1-7(2)19-13(11(16)6-18-19)12(17)8-3-9(14)5-10(15)4-8/h3-7,12H,17H2,1-2H3. The van der Waals surface area contributed by atoms with E-state index in [0.29, 0.717) is 5.02 Å². The molecule has 0 saturated carbocycles. The number of halogens is 3. The van der Waals surface area contributed by atoms with Crippen LogP contribution in [-0.4, -0.2) is 9.78 Å². The normalized spacial score (nSPS) is 13.0. The van der Waals surface area contributed by atoms with Gasteiger partial charge in [-0.05, 0) is 37.6 Å². The Morgan fingerprint density at radius 3 is 2.32 bits per heavy atom. The van der Waals surface area contributed by atoms with Crippen LogP contribution in [0.25, 0.3) is 0 Å². The van der Waals surface area contributed by atoms with Gasteiger partial charge in [0.1, 0.15) is 0 Å². The fourth-order valence-corrected chi connectivity index (χ4v) is 3.54. The highest BCUT2D eigenvalue weighted by Crippen LogP contribution is 2.31. The minimum absolute atomic E-state index is 0.212. The van der Waals surface area contributed by atoms with Crippen molar-refractivity contribution in [1.82, 2.24) is 9.78 Å². The highest BCUT2D eigenvalue weighted by Gasteiger charge is 2.20. The summed E-state index contributed by atoms with van der Waals surface area (Å²) >= 11 is 13.2. The Hall–Kier alpha value is -0.360. The summed E-state index contributed by atoms with van der Waals surface area (Å²) in [5, 5.41) is 4.88. The molecule has 1 aromatic carbocycles. The average molecular weight is 408 g/mol. The predicted molar refractivity (Wildman–Crippen MR) is 85.5 cm³/mol. The van der Waals surface area contributed by atoms with Crippen molar-refractivity contribution < 1.29 is 0 Å². The molecule has 6 heteroatoms. The van der Waals surface area contributed by atoms with Crippen molar-refractivity contribution in [3.05, 3.63) is 49.6 Å². The van der Waals surface area contributed by atoms with Crippen molar-refractivity contribution in [2.24, 2.45) is 5.73 Å². The van der Waals surface area contributed by atoms with Gasteiger partial charge in [0.15, 0.2) is 0 Å². The molecule has 0 spiro atoms. The molecule has 1 heterocycles. The average Bonchev–Trinajstić information content (AvgIpc) is 2.69. The number of benzene rings is 1. The minimum Gasteiger partial charge on any atom is -0.319 e. The fraction of sp³-hybridized carbons (Fsp3) is 0.308. The number of rotatable bonds is 3. The molecule has 1 aromatic heterocycles. The predicted octanol–water partition coefficient (Wildman–Crippen LogP) is 4.69. The van der Waals surface area contributed by atoms with Crippen molar-refractivity contribution in [3.63, 3.8) is 0 Å². The largest absolute Gasteiger partial charge is 0.319 e. The zero-order chi connectivity index (χ0) is 14.2. The van der Waals surface area contributed by atoms with E-state index in [-0.39, 0.29) is 12.1 Å². The van der Waals surface area contributed by atoms with E-state index in [1.165, 1.54) is 0 Å². The van der Waals surface area contributed by atoms with Crippen LogP contribution in [0.15, 0.2) is 33.3 Å². The number of nitrogens with two attached hydrogens (primary N) is 1. The van der Waals surface area contributed by atoms with Gasteiger partial charge in [0.2, 0.25) is 0 Å². The lowest BCUT2D eigenvalue weighted by molar-refractivity contribution is 0.499. The van der Waals surface area contributed by atoms with Gasteiger partial charge in [0, 0.05) is 15.0 Å². The Morgan fingerprint density at radius 2 is 1.79 bits per heavy atom. The number of nitrogens with zero attached hydrogens (tertiary/aromatic N) is 2. The summed E-state index contributed by atoms with van der Waals surface area (Å²) < 4.78 is 3.81. The molecule has 0 aliphatic rings. The summed E-state index contributed by atoms with van der Waals surface area (Å²) in [5.74, 6) is 0. The van der Waals surface area contributed by atoms with Gasteiger partial charge in [-0.3, -0.25) is 4.68 Å². The molecule has 0 amide bonds. The Morgan fingerprint density at radius 1 is 1.21 bits per heavy atom. The van der Waals surface area contributed by atoms with Crippen molar-refractivity contribution in [3.8, 4) is 0 Å². The first-order valence-electron chi connectivity index (χ1n) is 5.84. The first-order chi connectivity index (χ1) is 8.90. The smallest absolute Gasteiger partial charge is 0.0837 e. The summed E-state index contributed by atoms with van der Waals surface area (Å²) in [6.07, 6.45) is 1.64. The number of aromatic nitrogens is 2. The van der Waals surface area contributed by atoms with E-state index in [2.05, 4.69) is 50.8 Å². The molecule has 0 radical (unpaired) electrons. The molecular weight excluding hydrogens is 393 g/mol. The van der Waals surface area contributed by atoms with E-state index >= 15 is 0 Å². The summed E-state index contributed by atoms with van der Waals surface area (Å²) in [7, 11) is 0. The van der Waals surface area contributed by atoms with Crippen molar-refractivity contribution >= 4 is 43.5 Å². The minimum atomic E-state index is -0.314. The van der Waals surface area contributed by atoms with Gasteiger partial charge in [-0.1, -0.05) is 43.5 Å². The third kappa shape index (κ3) is 3.21. The van der Waals surface area contributed by atoms with Crippen molar-refractivity contribution in [2.45, 2.75) is 25.9 Å². The van der Waals surface area contributed by atoms with Crippen LogP contribution in [0.3, 0.4) is 0 Å². The molecule has 0 fully saturated rings. The van der Waals surface area contributed by atoms with Crippen LogP contribution >= 0.6 is 43.5 Å². The molecule has 0 aliphatic carbocycles. The maximum atomic E-state index is 6.35. The Balaban J connectivity index is 2.49. The molecule has 0 saturated heterocycles. The third-order valence-corrected chi connectivity index (χ3v) is 4.02. The monoisotopic (exact) mass is 405 g/mol. The molecule has 0 aliphatic heterocycles. The zero-order valence-electron chi connectivity index (χ0n) is 10.6. The van der Waals surface area contributed by atoms with E-state index in [4.69, 9.17) is 17.3 Å². The van der Waals surface area contributed by atoms with Crippen LogP contribution in [0.4, 0.5) is 0 Å². The van der Waals surface area contributed by atoms with Gasteiger partial charge in [0.25, 0.3) is 0 Å². The van der Waals surface area contributed by atoms with Crippen LogP contribution in [0.2, 0.25) is 5.02 Å². The second-order valence-electron chi connectivity index (χ2n) is 4.60. The second-order valence-corrected chi connectivity index (χ2v) is 6.84. The third-order valence-electron chi connectivity index (χ3n) is 2.81. The van der Waals surface area contributed by atoms with Crippen LogP contribution in [-0.2, 0) is 0 Å². The van der Waals surface area contributed by atoms with Crippen LogP contribution in [0.1, 0.15) is 37.2 Å². The zero-order valence-corrected chi connectivity index (χ0v) is 14.5. The lowest BCUT2D eigenvalue weighted by Gasteiger charge is -2.18. The number of hydrogen-bond donors (Lipinski definition) is 1. The molecule has 0 bridgehead atoms. The summed E-state index contributed by atoms with van der Waals surface area (Å²) in [6, 6.07) is 5.85. The van der Waals surface area contributed by atoms with Gasteiger partial charge in [-0.2, -0.15) is 5.10 Å². The molecule has 102 valence electrons. The van der Waals surface area contributed by atoms with Gasteiger partial charge >= 0.3 is 0 Å². The topological polar surface area (TPSA) is 43.8 Å². The number of hydrogen-bond acceptors (Lipinski definition) is 2. The summed E-state index contributed by atoms with van der Waals surface area (Å²) in [5.41, 5.74) is 8.16. The molecular formula is C13H14Br2ClN3. The lowest BCUT2D eigenvalue weighted by Crippen LogP contribution is -2.19. The van der Waals surface area contributed by atoms with Crippen LogP contribution in [0.5, 0.6) is 0 Å². The molecule has 2 N–H and O–H groups in total. The van der Waals surface area contributed by atoms with Gasteiger partial charge < -0.3 is 5.73 Å². The molecule has 2 rings (SSSR count). The van der Waals surface area contributed by atoms with Gasteiger partial charge in [-0.25, -0.2) is 0 Å². The van der Waals surface area contributed by atoms with Crippen LogP contribution in [0, 0.1) is 0 Å². The summed E-state index contributed by atoms with van der Waals surface area (Å²) in [4.78, 5) is 0. The van der Waals surface area contributed by atoms with Gasteiger partial charge in [-0.15, -0.1) is 0 Å². The molecule has 2 aromatic rings. The molecule has 1 unspecified atom stereocenters. The lowest BCUT2D eigenvalue weighted by atomic mass is 10.0. The summed E-state index contributed by atoms with van der Waals surface area (Å²) in [6.45, 7) is 4.10. The van der Waals surface area contributed by atoms with E-state index in [1.54, 1.807) is 6.20 Å². The molecule has 3 nitrogen and oxygen atoms in total.